The van der Waals surface area contributed by atoms with E-state index in [4.69, 9.17) is 28.4 Å². The van der Waals surface area contributed by atoms with E-state index in [2.05, 4.69) is 20.3 Å². The lowest BCUT2D eigenvalue weighted by molar-refractivity contribution is -0.769. The lowest BCUT2D eigenvalue weighted by Crippen LogP contribution is -2.50. The Morgan fingerprint density at radius 3 is 2.24 bits per heavy atom. The van der Waals surface area contributed by atoms with Crippen LogP contribution >= 0.6 is 0 Å². The van der Waals surface area contributed by atoms with Crippen LogP contribution in [0.5, 0.6) is 17.2 Å². The molecule has 0 saturated carbocycles. The molecule has 1 amide bonds. The molecule has 3 atom stereocenters. The van der Waals surface area contributed by atoms with Crippen molar-refractivity contribution in [3.8, 4) is 17.2 Å². The molecule has 20 nitrogen and oxygen atoms in total. The fourth-order valence-electron chi connectivity index (χ4n) is 3.52. The van der Waals surface area contributed by atoms with Gasteiger partial charge in [0.15, 0.2) is 29.0 Å². The number of aliphatic hydroxyl groups is 1. The van der Waals surface area contributed by atoms with Gasteiger partial charge in [0.05, 0.1) is 11.7 Å². The average Bonchev–Trinajstić information content (AvgIpc) is 3.00. The summed E-state index contributed by atoms with van der Waals surface area (Å²) in [6, 6.07) is 7.08. The Hall–Kier alpha value is -6.05. The number of ether oxygens (including phenoxy) is 6. The van der Waals surface area contributed by atoms with Gasteiger partial charge < -0.3 is 48.5 Å². The minimum absolute atomic E-state index is 0.0927. The van der Waals surface area contributed by atoms with Crippen molar-refractivity contribution in [1.82, 2.24) is 5.32 Å². The van der Waals surface area contributed by atoms with Gasteiger partial charge in [0.1, 0.15) is 30.1 Å². The van der Waals surface area contributed by atoms with E-state index in [9.17, 15) is 44.1 Å². The molecule has 0 aromatic heterocycles. The predicted molar refractivity (Wildman–Crippen MR) is 159 cm³/mol. The number of aliphatic hydroxyl groups excluding tert-OH is 1. The molecule has 2 aromatic rings. The Labute approximate surface area is 277 Å². The quantitative estimate of drug-likeness (QED) is 0.0601. The zero-order valence-corrected chi connectivity index (χ0v) is 26.8. The average molecular weight is 696 g/mol. The molecule has 266 valence electrons. The van der Waals surface area contributed by atoms with Crippen molar-refractivity contribution >= 4 is 30.0 Å². The first-order valence-electron chi connectivity index (χ1n) is 14.0. The van der Waals surface area contributed by atoms with E-state index in [-0.39, 0.29) is 22.6 Å². The highest BCUT2D eigenvalue weighted by Crippen LogP contribution is 2.30. The lowest BCUT2D eigenvalue weighted by atomic mass is 10.1. The van der Waals surface area contributed by atoms with E-state index in [1.807, 2.05) is 0 Å². The fraction of sp³-hybridized carbons (Fsp3) is 0.414. The van der Waals surface area contributed by atoms with Crippen LogP contribution in [0.25, 0.3) is 0 Å². The summed E-state index contributed by atoms with van der Waals surface area (Å²) in [5.74, 6) is -4.99. The molecule has 2 rings (SSSR count). The summed E-state index contributed by atoms with van der Waals surface area (Å²) in [4.78, 5) is 91.8. The number of esters is 4. The van der Waals surface area contributed by atoms with Gasteiger partial charge in [-0.1, -0.05) is 12.1 Å². The second-order valence-corrected chi connectivity index (χ2v) is 10.7. The zero-order chi connectivity index (χ0) is 36.7. The van der Waals surface area contributed by atoms with E-state index < -0.39 is 84.7 Å². The molecule has 0 heterocycles. The lowest BCUT2D eigenvalue weighted by Gasteiger charge is -2.24. The van der Waals surface area contributed by atoms with Gasteiger partial charge in [0, 0.05) is 6.92 Å². The molecule has 0 aliphatic carbocycles. The van der Waals surface area contributed by atoms with Crippen LogP contribution in [0, 0.1) is 15.0 Å². The highest BCUT2D eigenvalue weighted by atomic mass is 17.0. The van der Waals surface area contributed by atoms with Crippen molar-refractivity contribution in [3.05, 3.63) is 68.6 Å². The molecule has 0 bridgehead atoms. The van der Waals surface area contributed by atoms with E-state index in [0.717, 1.165) is 25.1 Å². The van der Waals surface area contributed by atoms with Gasteiger partial charge in [0.25, 0.3) is 5.09 Å². The first-order chi connectivity index (χ1) is 23.0. The SMILES string of the molecule is CC(=O)Oc1ccccc1C(=O)OCOC(=O)c1ccc(OCC(CON=O)O[N+](=O)[O-])c(OC(=O)C(NC(=O)OC(C)(C)C)C(C)O)c1. The molecule has 0 aliphatic rings. The maximum Gasteiger partial charge on any atom is 0.408 e. The van der Waals surface area contributed by atoms with Gasteiger partial charge in [-0.25, -0.2) is 19.2 Å². The maximum atomic E-state index is 13.1. The molecule has 0 aliphatic heterocycles. The number of carbonyl (C=O) groups excluding carboxylic acids is 5. The molecule has 20 heteroatoms. The first-order valence-corrected chi connectivity index (χ1v) is 14.0. The van der Waals surface area contributed by atoms with Crippen molar-refractivity contribution < 1.29 is 72.3 Å². The van der Waals surface area contributed by atoms with Crippen LogP contribution < -0.4 is 19.5 Å². The first kappa shape index (κ1) is 39.1. The highest BCUT2D eigenvalue weighted by Gasteiger charge is 2.31. The number of para-hydroxylation sites is 1. The summed E-state index contributed by atoms with van der Waals surface area (Å²) in [5, 5.41) is 24.1. The summed E-state index contributed by atoms with van der Waals surface area (Å²) in [5.41, 5.74) is -1.39. The molecule has 0 radical (unpaired) electrons. The summed E-state index contributed by atoms with van der Waals surface area (Å²) in [7, 11) is 0. The van der Waals surface area contributed by atoms with Crippen molar-refractivity contribution in [3.63, 3.8) is 0 Å². The molecule has 0 fully saturated rings. The molecule has 3 unspecified atom stereocenters. The van der Waals surface area contributed by atoms with Crippen LogP contribution in [-0.4, -0.2) is 84.0 Å². The largest absolute Gasteiger partial charge is 0.487 e. The Morgan fingerprint density at radius 1 is 0.959 bits per heavy atom. The third kappa shape index (κ3) is 13.7. The maximum absolute atomic E-state index is 13.1. The summed E-state index contributed by atoms with van der Waals surface area (Å²) in [6.07, 6.45) is -4.10. The predicted octanol–water partition coefficient (Wildman–Crippen LogP) is 2.42. The number of carbonyl (C=O) groups is 5. The minimum Gasteiger partial charge on any atom is -0.487 e. The number of rotatable bonds is 17. The molecule has 2 N–H and O–H groups in total. The van der Waals surface area contributed by atoms with Crippen LogP contribution in [0.3, 0.4) is 0 Å². The summed E-state index contributed by atoms with van der Waals surface area (Å²) in [6.45, 7) is 4.69. The second-order valence-electron chi connectivity index (χ2n) is 10.7. The third-order valence-electron chi connectivity index (χ3n) is 5.51. The Bertz CT molecular complexity index is 1520. The monoisotopic (exact) mass is 695 g/mol. The number of nitrogens with zero attached hydrogens (tertiary/aromatic N) is 2. The zero-order valence-electron chi connectivity index (χ0n) is 26.8. The van der Waals surface area contributed by atoms with Crippen LogP contribution in [0.2, 0.25) is 0 Å². The fourth-order valence-corrected chi connectivity index (χ4v) is 3.52. The van der Waals surface area contributed by atoms with E-state index in [1.165, 1.54) is 31.2 Å². The van der Waals surface area contributed by atoms with Crippen molar-refractivity contribution in [1.29, 1.82) is 0 Å². The number of amides is 1. The standard InChI is InChI=1S/C29H33N3O17/c1-16(33)24(30-28(38)48-29(3,4)5)27(37)47-23-12-18(10-11-22(23)42-13-19(14-45-31-39)49-32(40)41)25(35)43-15-44-26(36)20-8-6-7-9-21(20)46-17(2)34/h6-12,16,19,24,33H,13-15H2,1-5H3,(H,30,38). The number of alkyl carbamates (subject to hydrolysis) is 1. The van der Waals surface area contributed by atoms with E-state index in [0.29, 0.717) is 0 Å². The van der Waals surface area contributed by atoms with E-state index in [1.54, 1.807) is 20.8 Å². The van der Waals surface area contributed by atoms with Gasteiger partial charge in [-0.2, -0.15) is 0 Å². The summed E-state index contributed by atoms with van der Waals surface area (Å²) < 4.78 is 30.8. The van der Waals surface area contributed by atoms with Gasteiger partial charge in [-0.3, -0.25) is 4.79 Å². The van der Waals surface area contributed by atoms with Gasteiger partial charge >= 0.3 is 30.0 Å². The third-order valence-corrected chi connectivity index (χ3v) is 5.51. The second kappa shape index (κ2) is 18.3. The normalized spacial score (nSPS) is 12.5. The molecule has 0 spiro atoms. The van der Waals surface area contributed by atoms with Crippen LogP contribution in [-0.2, 0) is 33.5 Å². The molecule has 0 saturated heterocycles. The smallest absolute Gasteiger partial charge is 0.408 e. The Morgan fingerprint density at radius 2 is 1.63 bits per heavy atom. The van der Waals surface area contributed by atoms with Gasteiger partial charge in [-0.05, 0) is 58.0 Å². The molecular weight excluding hydrogens is 662 g/mol. The van der Waals surface area contributed by atoms with Crippen molar-refractivity contribution in [2.45, 2.75) is 58.5 Å². The minimum atomic E-state index is -1.70. The number of benzene rings is 2. The van der Waals surface area contributed by atoms with Gasteiger partial charge in [-0.15, -0.1) is 15.0 Å². The highest BCUT2D eigenvalue weighted by molar-refractivity contribution is 5.94. The number of nitrogens with one attached hydrogen (secondary N) is 1. The van der Waals surface area contributed by atoms with E-state index >= 15 is 0 Å². The van der Waals surface area contributed by atoms with Crippen LogP contribution in [0.1, 0.15) is 55.3 Å². The molecular formula is C29H33N3O17. The van der Waals surface area contributed by atoms with Crippen molar-refractivity contribution in [2.24, 2.45) is 5.34 Å². The number of hydrogen-bond donors (Lipinski definition) is 2. The Kier molecular flexibility index (Phi) is 14.6. The van der Waals surface area contributed by atoms with Crippen LogP contribution in [0.15, 0.2) is 47.8 Å². The number of hydrogen-bond acceptors (Lipinski definition) is 18. The Balaban J connectivity index is 2.29. The molecule has 2 aromatic carbocycles. The topological polar surface area (TPSA) is 264 Å². The molecule has 49 heavy (non-hydrogen) atoms. The van der Waals surface area contributed by atoms with Gasteiger partial charge in [0.2, 0.25) is 6.79 Å². The van der Waals surface area contributed by atoms with Crippen LogP contribution in [0.4, 0.5) is 4.79 Å². The summed E-state index contributed by atoms with van der Waals surface area (Å²) >= 11 is 0. The van der Waals surface area contributed by atoms with Crippen molar-refractivity contribution in [2.75, 3.05) is 20.0 Å².